The van der Waals surface area contributed by atoms with E-state index in [1.165, 1.54) is 0 Å². The molecule has 18 heavy (non-hydrogen) atoms. The van der Waals surface area contributed by atoms with E-state index in [1.807, 2.05) is 27.7 Å². The molecule has 0 saturated heterocycles. The van der Waals surface area contributed by atoms with Gasteiger partial charge in [-0.05, 0) is 40.5 Å². The van der Waals surface area contributed by atoms with Crippen LogP contribution in [0.2, 0.25) is 0 Å². The van der Waals surface area contributed by atoms with E-state index in [1.54, 1.807) is 0 Å². The van der Waals surface area contributed by atoms with Gasteiger partial charge in [0.1, 0.15) is 0 Å². The maximum absolute atomic E-state index is 11.9. The second kappa shape index (κ2) is 8.48. The van der Waals surface area contributed by atoms with Gasteiger partial charge in [0.15, 0.2) is 0 Å². The highest BCUT2D eigenvalue weighted by Crippen LogP contribution is 2.07. The molecule has 0 aliphatic rings. The molecule has 0 radical (unpaired) electrons. The lowest BCUT2D eigenvalue weighted by Crippen LogP contribution is -2.49. The Morgan fingerprint density at radius 2 is 1.78 bits per heavy atom. The van der Waals surface area contributed by atoms with Crippen LogP contribution in [0.4, 0.5) is 0 Å². The molecule has 0 rings (SSSR count). The number of carbonyl (C=O) groups excluding carboxylic acids is 1. The molecule has 0 spiro atoms. The zero-order chi connectivity index (χ0) is 14.2. The summed E-state index contributed by atoms with van der Waals surface area (Å²) < 4.78 is 5.59. The minimum atomic E-state index is -0.238. The highest BCUT2D eigenvalue weighted by Gasteiger charge is 2.21. The lowest BCUT2D eigenvalue weighted by Gasteiger charge is -2.27. The third-order valence-corrected chi connectivity index (χ3v) is 3.09. The van der Waals surface area contributed by atoms with Crippen molar-refractivity contribution in [2.24, 2.45) is 0 Å². The number of rotatable bonds is 9. The van der Waals surface area contributed by atoms with Crippen LogP contribution < -0.4 is 10.6 Å². The third kappa shape index (κ3) is 6.97. The van der Waals surface area contributed by atoms with Crippen LogP contribution in [0.3, 0.4) is 0 Å². The quantitative estimate of drug-likeness (QED) is 0.666. The van der Waals surface area contributed by atoms with Gasteiger partial charge in [-0.1, -0.05) is 13.8 Å². The van der Waals surface area contributed by atoms with Crippen molar-refractivity contribution < 1.29 is 9.53 Å². The lowest BCUT2D eigenvalue weighted by atomic mass is 10.1. The minimum Gasteiger partial charge on any atom is -0.375 e. The van der Waals surface area contributed by atoms with E-state index in [4.69, 9.17) is 4.74 Å². The van der Waals surface area contributed by atoms with Crippen molar-refractivity contribution in [3.63, 3.8) is 0 Å². The number of hydrogen-bond donors (Lipinski definition) is 2. The number of nitrogens with one attached hydrogen (secondary N) is 2. The molecule has 0 aliphatic heterocycles. The number of hydrogen-bond acceptors (Lipinski definition) is 3. The normalized spacial score (nSPS) is 13.7. The largest absolute Gasteiger partial charge is 0.375 e. The molecule has 4 nitrogen and oxygen atoms in total. The van der Waals surface area contributed by atoms with Crippen molar-refractivity contribution >= 4 is 5.91 Å². The van der Waals surface area contributed by atoms with Crippen LogP contribution >= 0.6 is 0 Å². The van der Waals surface area contributed by atoms with Crippen LogP contribution in [-0.2, 0) is 9.53 Å². The van der Waals surface area contributed by atoms with E-state index < -0.39 is 0 Å². The highest BCUT2D eigenvalue weighted by atomic mass is 16.5. The lowest BCUT2D eigenvalue weighted by molar-refractivity contribution is -0.123. The molecule has 1 atom stereocenters. The Kier molecular flexibility index (Phi) is 8.20. The first kappa shape index (κ1) is 17.4. The predicted molar refractivity (Wildman–Crippen MR) is 75.7 cm³/mol. The Morgan fingerprint density at radius 1 is 1.22 bits per heavy atom. The fourth-order valence-corrected chi connectivity index (χ4v) is 1.75. The molecule has 1 amide bonds. The first-order chi connectivity index (χ1) is 8.36. The van der Waals surface area contributed by atoms with Gasteiger partial charge in [-0.25, -0.2) is 0 Å². The zero-order valence-corrected chi connectivity index (χ0v) is 12.8. The summed E-state index contributed by atoms with van der Waals surface area (Å²) in [5.74, 6) is 0.0657. The molecule has 108 valence electrons. The molecule has 1 unspecified atom stereocenters. The maximum Gasteiger partial charge on any atom is 0.237 e. The van der Waals surface area contributed by atoms with Gasteiger partial charge in [-0.2, -0.15) is 0 Å². The fraction of sp³-hybridized carbons (Fsp3) is 0.929. The molecule has 0 fully saturated rings. The van der Waals surface area contributed by atoms with Crippen LogP contribution in [0, 0.1) is 0 Å². The van der Waals surface area contributed by atoms with Crippen LogP contribution in [-0.4, -0.2) is 36.7 Å². The summed E-state index contributed by atoms with van der Waals surface area (Å²) in [6.07, 6.45) is 1.94. The smallest absolute Gasteiger partial charge is 0.237 e. The monoisotopic (exact) mass is 258 g/mol. The number of carbonyl (C=O) groups is 1. The first-order valence-electron chi connectivity index (χ1n) is 7.04. The summed E-state index contributed by atoms with van der Waals surface area (Å²) in [6, 6.07) is 0.0898. The van der Waals surface area contributed by atoms with Gasteiger partial charge in [0.05, 0.1) is 11.6 Å². The minimum absolute atomic E-state index is 0.0657. The molecule has 0 bridgehead atoms. The Balaban J connectivity index is 4.08. The van der Waals surface area contributed by atoms with Gasteiger partial charge in [0, 0.05) is 19.2 Å². The molecular weight excluding hydrogens is 228 g/mol. The van der Waals surface area contributed by atoms with E-state index in [9.17, 15) is 4.79 Å². The summed E-state index contributed by atoms with van der Waals surface area (Å²) in [7, 11) is 0. The molecule has 0 aromatic rings. The Bertz CT molecular complexity index is 238. The van der Waals surface area contributed by atoms with Crippen molar-refractivity contribution in [1.29, 1.82) is 0 Å². The van der Waals surface area contributed by atoms with Crippen LogP contribution in [0.25, 0.3) is 0 Å². The summed E-state index contributed by atoms with van der Waals surface area (Å²) in [4.78, 5) is 11.9. The molecule has 0 aromatic carbocycles. The van der Waals surface area contributed by atoms with Gasteiger partial charge >= 0.3 is 0 Å². The van der Waals surface area contributed by atoms with E-state index in [2.05, 4.69) is 24.5 Å². The van der Waals surface area contributed by atoms with Gasteiger partial charge in [0.2, 0.25) is 5.91 Å². The van der Waals surface area contributed by atoms with Crippen molar-refractivity contribution in [2.45, 2.75) is 72.1 Å². The molecule has 4 heteroatoms. The molecule has 2 N–H and O–H groups in total. The van der Waals surface area contributed by atoms with Gasteiger partial charge < -0.3 is 15.4 Å². The number of ether oxygens (including phenoxy) is 1. The Labute approximate surface area is 112 Å². The summed E-state index contributed by atoms with van der Waals surface area (Å²) >= 11 is 0. The topological polar surface area (TPSA) is 50.4 Å². The number of amides is 1. The average Bonchev–Trinajstić information content (AvgIpc) is 2.32. The van der Waals surface area contributed by atoms with Crippen LogP contribution in [0.1, 0.15) is 54.4 Å². The standard InChI is InChI=1S/C14H30N2O2/c1-7-12(8-2)16-13(17)11(4)15-10-14(5,6)18-9-3/h11-12,15H,7-10H2,1-6H3,(H,16,17). The van der Waals surface area contributed by atoms with Gasteiger partial charge in [-0.15, -0.1) is 0 Å². The maximum atomic E-state index is 11.9. The van der Waals surface area contributed by atoms with Crippen molar-refractivity contribution in [1.82, 2.24) is 10.6 Å². The molecular formula is C14H30N2O2. The highest BCUT2D eigenvalue weighted by molar-refractivity contribution is 5.81. The molecule has 0 aliphatic carbocycles. The van der Waals surface area contributed by atoms with Crippen molar-refractivity contribution in [3.8, 4) is 0 Å². The molecule has 0 heterocycles. The van der Waals surface area contributed by atoms with Gasteiger partial charge in [0.25, 0.3) is 0 Å². The third-order valence-electron chi connectivity index (χ3n) is 3.09. The van der Waals surface area contributed by atoms with E-state index in [0.29, 0.717) is 13.2 Å². The SMILES string of the molecule is CCOC(C)(C)CNC(C)C(=O)NC(CC)CC. The summed E-state index contributed by atoms with van der Waals surface area (Å²) in [6.45, 7) is 13.4. The van der Waals surface area contributed by atoms with E-state index in [0.717, 1.165) is 12.8 Å². The first-order valence-corrected chi connectivity index (χ1v) is 7.04. The van der Waals surface area contributed by atoms with Crippen molar-refractivity contribution in [3.05, 3.63) is 0 Å². The van der Waals surface area contributed by atoms with E-state index >= 15 is 0 Å². The van der Waals surface area contributed by atoms with E-state index in [-0.39, 0.29) is 23.6 Å². The van der Waals surface area contributed by atoms with Crippen LogP contribution in [0.5, 0.6) is 0 Å². The molecule has 0 saturated carbocycles. The fourth-order valence-electron chi connectivity index (χ4n) is 1.75. The second-order valence-corrected chi connectivity index (χ2v) is 5.32. The molecule has 0 aromatic heterocycles. The predicted octanol–water partition coefficient (Wildman–Crippen LogP) is 2.08. The zero-order valence-electron chi connectivity index (χ0n) is 12.8. The summed E-state index contributed by atoms with van der Waals surface area (Å²) in [5.41, 5.74) is -0.238. The summed E-state index contributed by atoms with van der Waals surface area (Å²) in [5, 5.41) is 6.27. The van der Waals surface area contributed by atoms with Crippen molar-refractivity contribution in [2.75, 3.05) is 13.2 Å². The van der Waals surface area contributed by atoms with Crippen LogP contribution in [0.15, 0.2) is 0 Å². The van der Waals surface area contributed by atoms with Gasteiger partial charge in [-0.3, -0.25) is 4.79 Å². The second-order valence-electron chi connectivity index (χ2n) is 5.32. The Morgan fingerprint density at radius 3 is 2.22 bits per heavy atom. The average molecular weight is 258 g/mol. The Hall–Kier alpha value is -0.610.